The summed E-state index contributed by atoms with van der Waals surface area (Å²) >= 11 is 0. The van der Waals surface area contributed by atoms with E-state index in [9.17, 15) is 13.2 Å². The fourth-order valence-corrected chi connectivity index (χ4v) is 4.25. The minimum absolute atomic E-state index is 0.0900. The Hall–Kier alpha value is -1.44. The molecule has 2 fully saturated rings. The number of sulfonamides is 1. The minimum Gasteiger partial charge on any atom is -0.338 e. The molecule has 132 valence electrons. The zero-order chi connectivity index (χ0) is 17.2. The maximum absolute atomic E-state index is 12.6. The van der Waals surface area contributed by atoms with E-state index in [0.29, 0.717) is 23.9 Å². The number of carbonyl (C=O) groups is 1. The van der Waals surface area contributed by atoms with E-state index < -0.39 is 10.0 Å². The molecule has 0 radical (unpaired) electrons. The highest BCUT2D eigenvalue weighted by molar-refractivity contribution is 7.89. The maximum Gasteiger partial charge on any atom is 0.253 e. The zero-order valence-corrected chi connectivity index (χ0v) is 14.8. The van der Waals surface area contributed by atoms with Crippen molar-refractivity contribution >= 4 is 15.9 Å². The third-order valence-electron chi connectivity index (χ3n) is 4.72. The van der Waals surface area contributed by atoms with Gasteiger partial charge in [-0.25, -0.2) is 13.1 Å². The van der Waals surface area contributed by atoms with Crippen molar-refractivity contribution in [3.8, 4) is 0 Å². The molecular formula is C17H25N3O3S. The highest BCUT2D eigenvalue weighted by Crippen LogP contribution is 2.28. The van der Waals surface area contributed by atoms with Crippen LogP contribution in [0.2, 0.25) is 0 Å². The first-order valence-electron chi connectivity index (χ1n) is 8.53. The quantitative estimate of drug-likeness (QED) is 0.770. The summed E-state index contributed by atoms with van der Waals surface area (Å²) in [5.74, 6) is 0.845. The van der Waals surface area contributed by atoms with Gasteiger partial charge in [0.15, 0.2) is 0 Å². The van der Waals surface area contributed by atoms with Crippen LogP contribution in [-0.2, 0) is 10.0 Å². The van der Waals surface area contributed by atoms with Gasteiger partial charge in [-0.15, -0.1) is 0 Å². The summed E-state index contributed by atoms with van der Waals surface area (Å²) in [6, 6.07) is 6.36. The average Bonchev–Trinajstić information content (AvgIpc) is 3.30. The number of benzene rings is 1. The van der Waals surface area contributed by atoms with Crippen molar-refractivity contribution in [3.63, 3.8) is 0 Å². The number of nitrogens with zero attached hydrogens (tertiary/aromatic N) is 1. The predicted molar refractivity (Wildman–Crippen MR) is 92.3 cm³/mol. The van der Waals surface area contributed by atoms with Crippen LogP contribution in [0, 0.1) is 11.8 Å². The summed E-state index contributed by atoms with van der Waals surface area (Å²) < 4.78 is 27.3. The smallest absolute Gasteiger partial charge is 0.253 e. The first-order valence-corrected chi connectivity index (χ1v) is 10.0. The van der Waals surface area contributed by atoms with Crippen molar-refractivity contribution in [3.05, 3.63) is 29.8 Å². The molecular weight excluding hydrogens is 326 g/mol. The van der Waals surface area contributed by atoms with Gasteiger partial charge in [0.25, 0.3) is 5.91 Å². The maximum atomic E-state index is 12.6. The molecule has 0 spiro atoms. The van der Waals surface area contributed by atoms with Gasteiger partial charge < -0.3 is 10.2 Å². The average molecular weight is 351 g/mol. The Bertz CT molecular complexity index is 701. The summed E-state index contributed by atoms with van der Waals surface area (Å²) in [6.45, 7) is 2.82. The lowest BCUT2D eigenvalue weighted by Gasteiger charge is -2.17. The summed E-state index contributed by atoms with van der Waals surface area (Å²) in [4.78, 5) is 14.6. The number of amides is 1. The van der Waals surface area contributed by atoms with Gasteiger partial charge >= 0.3 is 0 Å². The van der Waals surface area contributed by atoms with Crippen molar-refractivity contribution in [1.82, 2.24) is 14.9 Å². The number of rotatable bonds is 7. The van der Waals surface area contributed by atoms with Crippen LogP contribution in [0.3, 0.4) is 0 Å². The van der Waals surface area contributed by atoms with Crippen molar-refractivity contribution < 1.29 is 13.2 Å². The predicted octanol–water partition coefficient (Wildman–Crippen LogP) is 1.06. The first kappa shape index (κ1) is 17.4. The van der Waals surface area contributed by atoms with Crippen LogP contribution >= 0.6 is 0 Å². The highest BCUT2D eigenvalue weighted by Gasteiger charge is 2.28. The lowest BCUT2D eigenvalue weighted by atomic mass is 10.1. The monoisotopic (exact) mass is 351 g/mol. The van der Waals surface area contributed by atoms with Gasteiger partial charge in [-0.05, 0) is 62.9 Å². The minimum atomic E-state index is -3.55. The van der Waals surface area contributed by atoms with Gasteiger partial charge in [0, 0.05) is 25.2 Å². The molecule has 1 aromatic rings. The van der Waals surface area contributed by atoms with E-state index in [0.717, 1.165) is 38.9 Å². The van der Waals surface area contributed by atoms with Crippen molar-refractivity contribution in [2.24, 2.45) is 11.8 Å². The molecule has 1 saturated carbocycles. The fourth-order valence-electron chi connectivity index (χ4n) is 3.08. The molecule has 7 heteroatoms. The molecule has 24 heavy (non-hydrogen) atoms. The molecule has 1 amide bonds. The number of hydrogen-bond acceptors (Lipinski definition) is 4. The van der Waals surface area contributed by atoms with Gasteiger partial charge in [0.1, 0.15) is 0 Å². The van der Waals surface area contributed by atoms with Gasteiger partial charge in [0.2, 0.25) is 10.0 Å². The van der Waals surface area contributed by atoms with E-state index in [4.69, 9.17) is 0 Å². The second kappa shape index (κ2) is 7.21. The second-order valence-corrected chi connectivity index (χ2v) is 8.55. The molecule has 1 aliphatic heterocycles. The second-order valence-electron chi connectivity index (χ2n) is 6.79. The first-order chi connectivity index (χ1) is 11.5. The van der Waals surface area contributed by atoms with Crippen LogP contribution < -0.4 is 10.0 Å². The van der Waals surface area contributed by atoms with E-state index in [2.05, 4.69) is 10.0 Å². The summed E-state index contributed by atoms with van der Waals surface area (Å²) in [6.07, 6.45) is 3.15. The summed E-state index contributed by atoms with van der Waals surface area (Å²) in [7, 11) is -1.63. The molecule has 1 aromatic carbocycles. The molecule has 2 N–H and O–H groups in total. The normalized spacial score (nSPS) is 21.2. The molecule has 1 unspecified atom stereocenters. The molecule has 2 aliphatic rings. The topological polar surface area (TPSA) is 78.5 Å². The van der Waals surface area contributed by atoms with Crippen LogP contribution in [0.15, 0.2) is 29.2 Å². The number of hydrogen-bond donors (Lipinski definition) is 2. The van der Waals surface area contributed by atoms with Crippen LogP contribution in [0.25, 0.3) is 0 Å². The molecule has 1 aliphatic carbocycles. The van der Waals surface area contributed by atoms with E-state index in [1.54, 1.807) is 18.2 Å². The van der Waals surface area contributed by atoms with Gasteiger partial charge in [-0.3, -0.25) is 4.79 Å². The highest BCUT2D eigenvalue weighted by atomic mass is 32.2. The molecule has 3 rings (SSSR count). The third-order valence-corrected chi connectivity index (χ3v) is 6.14. The lowest BCUT2D eigenvalue weighted by Crippen LogP contribution is -2.31. The van der Waals surface area contributed by atoms with Gasteiger partial charge in [0.05, 0.1) is 4.90 Å². The standard InChI is InChI=1S/C17H25N3O3S/c1-18-10-14-7-8-20(12-14)17(21)15-3-2-4-16(9-15)24(22,23)19-11-13-5-6-13/h2-4,9,13-14,18-19H,5-8,10-12H2,1H3. The Labute approximate surface area is 143 Å². The van der Waals surface area contributed by atoms with Gasteiger partial charge in [-0.2, -0.15) is 0 Å². The van der Waals surface area contributed by atoms with E-state index in [1.807, 2.05) is 11.9 Å². The summed E-state index contributed by atoms with van der Waals surface area (Å²) in [5, 5.41) is 3.14. The fraction of sp³-hybridized carbons (Fsp3) is 0.588. The van der Waals surface area contributed by atoms with E-state index in [1.165, 1.54) is 6.07 Å². The largest absolute Gasteiger partial charge is 0.338 e. The molecule has 1 heterocycles. The SMILES string of the molecule is CNCC1CCN(C(=O)c2cccc(S(=O)(=O)NCC3CC3)c2)C1. The van der Waals surface area contributed by atoms with Crippen LogP contribution in [0.1, 0.15) is 29.6 Å². The van der Waals surface area contributed by atoms with Crippen molar-refractivity contribution in [2.45, 2.75) is 24.2 Å². The number of nitrogens with one attached hydrogen (secondary N) is 2. The van der Waals surface area contributed by atoms with E-state index >= 15 is 0 Å². The van der Waals surface area contributed by atoms with Crippen LogP contribution in [0.5, 0.6) is 0 Å². The van der Waals surface area contributed by atoms with Crippen LogP contribution in [0.4, 0.5) is 0 Å². The molecule has 1 saturated heterocycles. The lowest BCUT2D eigenvalue weighted by molar-refractivity contribution is 0.0787. The van der Waals surface area contributed by atoms with Crippen molar-refractivity contribution in [1.29, 1.82) is 0 Å². The Morgan fingerprint density at radius 1 is 1.21 bits per heavy atom. The number of carbonyl (C=O) groups excluding carboxylic acids is 1. The van der Waals surface area contributed by atoms with Crippen molar-refractivity contribution in [2.75, 3.05) is 33.2 Å². The molecule has 1 atom stereocenters. The van der Waals surface area contributed by atoms with E-state index in [-0.39, 0.29) is 10.8 Å². The Kier molecular flexibility index (Phi) is 5.22. The third kappa shape index (κ3) is 4.15. The molecule has 0 aromatic heterocycles. The molecule has 6 nitrogen and oxygen atoms in total. The Morgan fingerprint density at radius 2 is 2.00 bits per heavy atom. The summed E-state index contributed by atoms with van der Waals surface area (Å²) in [5.41, 5.74) is 0.439. The Morgan fingerprint density at radius 3 is 2.71 bits per heavy atom. The zero-order valence-electron chi connectivity index (χ0n) is 14.0. The van der Waals surface area contributed by atoms with Crippen LogP contribution in [-0.4, -0.2) is 52.5 Å². The number of likely N-dealkylation sites (tertiary alicyclic amines) is 1. The van der Waals surface area contributed by atoms with Gasteiger partial charge in [-0.1, -0.05) is 6.07 Å². The molecule has 0 bridgehead atoms. The Balaban J connectivity index is 1.69.